The second-order valence-corrected chi connectivity index (χ2v) is 3.86. The summed E-state index contributed by atoms with van der Waals surface area (Å²) in [6.07, 6.45) is 0.448. The maximum absolute atomic E-state index is 13.4. The number of methoxy groups -OCH3 is 1. The van der Waals surface area contributed by atoms with Crippen molar-refractivity contribution in [2.45, 2.75) is 12.8 Å². The van der Waals surface area contributed by atoms with Gasteiger partial charge in [0.15, 0.2) is 0 Å². The number of ether oxygens (including phenoxy) is 1. The van der Waals surface area contributed by atoms with E-state index in [1.807, 2.05) is 0 Å². The molecule has 1 aromatic carbocycles. The average Bonchev–Trinajstić information content (AvgIpc) is 2.43. The highest BCUT2D eigenvalue weighted by molar-refractivity contribution is 5.95. The van der Waals surface area contributed by atoms with Gasteiger partial charge in [-0.05, 0) is 12.5 Å². The number of halogens is 1. The fourth-order valence-corrected chi connectivity index (χ4v) is 1.43. The van der Waals surface area contributed by atoms with E-state index in [4.69, 9.17) is 0 Å². The van der Waals surface area contributed by atoms with Crippen LogP contribution in [0.3, 0.4) is 0 Å². The minimum Gasteiger partial charge on any atom is -0.469 e. The first-order valence-corrected chi connectivity index (χ1v) is 5.74. The van der Waals surface area contributed by atoms with Crippen LogP contribution in [0.5, 0.6) is 0 Å². The SMILES string of the molecule is COC(=O)CCCNC(=O)c1cc([N+](=O)[O-])ccc1F. The van der Waals surface area contributed by atoms with Crippen molar-refractivity contribution in [3.05, 3.63) is 39.7 Å². The summed E-state index contributed by atoms with van der Waals surface area (Å²) in [7, 11) is 1.25. The molecule has 0 aliphatic rings. The van der Waals surface area contributed by atoms with Crippen molar-refractivity contribution in [1.82, 2.24) is 5.32 Å². The lowest BCUT2D eigenvalue weighted by molar-refractivity contribution is -0.384. The molecule has 1 aromatic rings. The molecule has 20 heavy (non-hydrogen) atoms. The van der Waals surface area contributed by atoms with Crippen LogP contribution < -0.4 is 5.32 Å². The number of nitro benzene ring substituents is 1. The van der Waals surface area contributed by atoms with Crippen molar-refractivity contribution in [2.24, 2.45) is 0 Å². The van der Waals surface area contributed by atoms with Gasteiger partial charge in [-0.1, -0.05) is 0 Å². The van der Waals surface area contributed by atoms with E-state index in [-0.39, 0.29) is 18.7 Å². The number of carbonyl (C=O) groups is 2. The van der Waals surface area contributed by atoms with Crippen LogP contribution in [0, 0.1) is 15.9 Å². The van der Waals surface area contributed by atoms with E-state index in [0.29, 0.717) is 6.42 Å². The second kappa shape index (κ2) is 7.17. The largest absolute Gasteiger partial charge is 0.469 e. The third-order valence-electron chi connectivity index (χ3n) is 2.48. The fourth-order valence-electron chi connectivity index (χ4n) is 1.43. The van der Waals surface area contributed by atoms with Gasteiger partial charge in [-0.3, -0.25) is 19.7 Å². The first-order valence-electron chi connectivity index (χ1n) is 5.74. The van der Waals surface area contributed by atoms with Gasteiger partial charge >= 0.3 is 5.97 Å². The summed E-state index contributed by atoms with van der Waals surface area (Å²) in [5, 5.41) is 12.9. The number of nitrogens with zero attached hydrogens (tertiary/aromatic N) is 1. The molecular weight excluding hydrogens is 271 g/mol. The molecule has 0 bridgehead atoms. The minimum absolute atomic E-state index is 0.119. The number of non-ortho nitro benzene ring substituents is 1. The van der Waals surface area contributed by atoms with Gasteiger partial charge in [0.25, 0.3) is 11.6 Å². The predicted molar refractivity (Wildman–Crippen MR) is 66.6 cm³/mol. The van der Waals surface area contributed by atoms with Crippen molar-refractivity contribution in [3.8, 4) is 0 Å². The summed E-state index contributed by atoms with van der Waals surface area (Å²) in [6.45, 7) is 0.135. The molecule has 1 amide bonds. The lowest BCUT2D eigenvalue weighted by atomic mass is 10.1. The number of benzene rings is 1. The Hall–Kier alpha value is -2.51. The van der Waals surface area contributed by atoms with Crippen LogP contribution in [-0.2, 0) is 9.53 Å². The Bertz CT molecular complexity index is 533. The van der Waals surface area contributed by atoms with Crippen molar-refractivity contribution in [3.63, 3.8) is 0 Å². The van der Waals surface area contributed by atoms with Crippen LogP contribution in [0.2, 0.25) is 0 Å². The molecule has 0 unspecified atom stereocenters. The summed E-state index contributed by atoms with van der Waals surface area (Å²) >= 11 is 0. The molecule has 0 heterocycles. The molecular formula is C12H13FN2O5. The quantitative estimate of drug-likeness (QED) is 0.368. The number of rotatable bonds is 6. The number of esters is 1. The Morgan fingerprint density at radius 2 is 2.15 bits per heavy atom. The zero-order valence-corrected chi connectivity index (χ0v) is 10.7. The standard InChI is InChI=1S/C12H13FN2O5/c1-20-11(16)3-2-6-14-12(17)9-7-8(15(18)19)4-5-10(9)13/h4-5,7H,2-3,6H2,1H3,(H,14,17). The molecule has 0 aliphatic heterocycles. The number of carbonyl (C=O) groups excluding carboxylic acids is 2. The molecule has 1 rings (SSSR count). The summed E-state index contributed by atoms with van der Waals surface area (Å²) in [6, 6.07) is 2.70. The number of nitrogens with one attached hydrogen (secondary N) is 1. The Morgan fingerprint density at radius 1 is 1.45 bits per heavy atom. The number of hydrogen-bond donors (Lipinski definition) is 1. The number of hydrogen-bond acceptors (Lipinski definition) is 5. The van der Waals surface area contributed by atoms with Crippen LogP contribution in [0.15, 0.2) is 18.2 Å². The molecule has 108 valence electrons. The Morgan fingerprint density at radius 3 is 2.75 bits per heavy atom. The molecule has 0 aliphatic carbocycles. The molecule has 0 aromatic heterocycles. The average molecular weight is 284 g/mol. The van der Waals surface area contributed by atoms with Gasteiger partial charge in [0.05, 0.1) is 17.6 Å². The minimum atomic E-state index is -0.846. The van der Waals surface area contributed by atoms with Gasteiger partial charge in [-0.2, -0.15) is 0 Å². The second-order valence-electron chi connectivity index (χ2n) is 3.86. The van der Waals surface area contributed by atoms with Crippen LogP contribution >= 0.6 is 0 Å². The number of nitro groups is 1. The zero-order valence-electron chi connectivity index (χ0n) is 10.7. The van der Waals surface area contributed by atoms with Gasteiger partial charge < -0.3 is 10.1 Å². The molecule has 7 nitrogen and oxygen atoms in total. The highest BCUT2D eigenvalue weighted by atomic mass is 19.1. The topological polar surface area (TPSA) is 98.5 Å². The molecule has 0 spiro atoms. The zero-order chi connectivity index (χ0) is 15.1. The van der Waals surface area contributed by atoms with E-state index in [1.165, 1.54) is 7.11 Å². The van der Waals surface area contributed by atoms with Gasteiger partial charge in [-0.15, -0.1) is 0 Å². The normalized spacial score (nSPS) is 9.90. The van der Waals surface area contributed by atoms with Crippen molar-refractivity contribution >= 4 is 17.6 Å². The van der Waals surface area contributed by atoms with Crippen molar-refractivity contribution < 1.29 is 23.6 Å². The highest BCUT2D eigenvalue weighted by Gasteiger charge is 2.16. The summed E-state index contributed by atoms with van der Waals surface area (Å²) in [4.78, 5) is 32.3. The smallest absolute Gasteiger partial charge is 0.305 e. The van der Waals surface area contributed by atoms with Crippen LogP contribution in [-0.4, -0.2) is 30.5 Å². The summed E-state index contributed by atoms with van der Waals surface area (Å²) in [5.41, 5.74) is -0.775. The molecule has 0 saturated heterocycles. The third kappa shape index (κ3) is 4.30. The summed E-state index contributed by atoms with van der Waals surface area (Å²) < 4.78 is 17.8. The molecule has 0 fully saturated rings. The third-order valence-corrected chi connectivity index (χ3v) is 2.48. The van der Waals surface area contributed by atoms with Gasteiger partial charge in [0.2, 0.25) is 0 Å². The van der Waals surface area contributed by atoms with E-state index in [9.17, 15) is 24.1 Å². The predicted octanol–water partition coefficient (Wildman–Crippen LogP) is 1.42. The molecule has 0 radical (unpaired) electrons. The van der Waals surface area contributed by atoms with Crippen molar-refractivity contribution in [1.29, 1.82) is 0 Å². The van der Waals surface area contributed by atoms with Gasteiger partial charge in [0, 0.05) is 25.1 Å². The first-order chi connectivity index (χ1) is 9.45. The van der Waals surface area contributed by atoms with Crippen LogP contribution in [0.1, 0.15) is 23.2 Å². The molecule has 8 heteroatoms. The van der Waals surface area contributed by atoms with E-state index in [0.717, 1.165) is 18.2 Å². The maximum atomic E-state index is 13.4. The Balaban J connectivity index is 2.61. The van der Waals surface area contributed by atoms with Crippen LogP contribution in [0.25, 0.3) is 0 Å². The lowest BCUT2D eigenvalue weighted by Gasteiger charge is -2.05. The van der Waals surface area contributed by atoms with E-state index >= 15 is 0 Å². The Kier molecular flexibility index (Phi) is 5.57. The van der Waals surface area contributed by atoms with Crippen molar-refractivity contribution in [2.75, 3.05) is 13.7 Å². The maximum Gasteiger partial charge on any atom is 0.305 e. The van der Waals surface area contributed by atoms with Gasteiger partial charge in [0.1, 0.15) is 5.82 Å². The molecule has 0 saturated carbocycles. The monoisotopic (exact) mass is 284 g/mol. The van der Waals surface area contributed by atoms with E-state index < -0.39 is 28.2 Å². The lowest BCUT2D eigenvalue weighted by Crippen LogP contribution is -2.26. The molecule has 1 N–H and O–H groups in total. The molecule has 0 atom stereocenters. The van der Waals surface area contributed by atoms with E-state index in [2.05, 4.69) is 10.1 Å². The van der Waals surface area contributed by atoms with Gasteiger partial charge in [-0.25, -0.2) is 4.39 Å². The van der Waals surface area contributed by atoms with Crippen LogP contribution in [0.4, 0.5) is 10.1 Å². The Labute approximate surface area is 113 Å². The fraction of sp³-hybridized carbons (Fsp3) is 0.333. The highest BCUT2D eigenvalue weighted by Crippen LogP contribution is 2.16. The van der Waals surface area contributed by atoms with E-state index in [1.54, 1.807) is 0 Å². The number of amides is 1. The summed E-state index contributed by atoms with van der Waals surface area (Å²) in [5.74, 6) is -2.03. The first kappa shape index (κ1) is 15.5.